The summed E-state index contributed by atoms with van der Waals surface area (Å²) in [6.07, 6.45) is 0.0232. The number of nitrogens with zero attached hydrogens (tertiary/aromatic N) is 2. The molecular weight excluding hydrogens is 308 g/mol. The van der Waals surface area contributed by atoms with E-state index in [2.05, 4.69) is 15.5 Å². The monoisotopic (exact) mass is 334 g/mol. The summed E-state index contributed by atoms with van der Waals surface area (Å²) in [6.45, 7) is 6.87. The average molecular weight is 334 g/mol. The van der Waals surface area contributed by atoms with Gasteiger partial charge in [-0.05, 0) is 0 Å². The van der Waals surface area contributed by atoms with Crippen LogP contribution in [0.5, 0.6) is 0 Å². The molecule has 0 aromatic carbocycles. The first-order valence-electron chi connectivity index (χ1n) is 7.83. The van der Waals surface area contributed by atoms with E-state index in [-0.39, 0.29) is 18.1 Å². The molecule has 2 aliphatic heterocycles. The number of sulfonamides is 1. The van der Waals surface area contributed by atoms with Crippen molar-refractivity contribution in [2.75, 3.05) is 71.3 Å². The molecule has 8 nitrogen and oxygen atoms in total. The number of carbonyl (C=O) groups is 1. The highest BCUT2D eigenvalue weighted by Gasteiger charge is 2.24. The van der Waals surface area contributed by atoms with Gasteiger partial charge in [-0.3, -0.25) is 9.69 Å². The number of ether oxygens (including phenoxy) is 1. The van der Waals surface area contributed by atoms with Crippen molar-refractivity contribution in [2.45, 2.75) is 6.42 Å². The molecule has 0 spiro atoms. The molecule has 2 saturated heterocycles. The number of amides is 1. The normalized spacial score (nSPS) is 21.6. The van der Waals surface area contributed by atoms with Gasteiger partial charge >= 0.3 is 0 Å². The van der Waals surface area contributed by atoms with E-state index in [0.717, 1.165) is 32.8 Å². The maximum atomic E-state index is 12.1. The Bertz CT molecular complexity index is 445. The van der Waals surface area contributed by atoms with Gasteiger partial charge in [0.15, 0.2) is 0 Å². The fourth-order valence-corrected chi connectivity index (χ4v) is 3.98. The van der Waals surface area contributed by atoms with Gasteiger partial charge in [-0.25, -0.2) is 8.42 Å². The van der Waals surface area contributed by atoms with Crippen LogP contribution < -0.4 is 10.6 Å². The third-order valence-corrected chi connectivity index (χ3v) is 5.78. The molecule has 0 aliphatic carbocycles. The molecule has 1 amide bonds. The van der Waals surface area contributed by atoms with Gasteiger partial charge in [0.1, 0.15) is 0 Å². The van der Waals surface area contributed by atoms with E-state index in [4.69, 9.17) is 4.74 Å². The topological polar surface area (TPSA) is 91.0 Å². The Morgan fingerprint density at radius 3 is 2.50 bits per heavy atom. The predicted molar refractivity (Wildman–Crippen MR) is 83.1 cm³/mol. The number of carbonyl (C=O) groups excluding carboxylic acids is 1. The second-order valence-corrected chi connectivity index (χ2v) is 7.61. The molecule has 2 fully saturated rings. The zero-order valence-electron chi connectivity index (χ0n) is 12.9. The summed E-state index contributed by atoms with van der Waals surface area (Å²) >= 11 is 0. The summed E-state index contributed by atoms with van der Waals surface area (Å²) < 4.78 is 30.9. The van der Waals surface area contributed by atoms with Crippen LogP contribution in [-0.2, 0) is 19.6 Å². The van der Waals surface area contributed by atoms with E-state index in [1.165, 1.54) is 4.31 Å². The maximum absolute atomic E-state index is 12.1. The molecule has 22 heavy (non-hydrogen) atoms. The van der Waals surface area contributed by atoms with E-state index in [1.807, 2.05) is 0 Å². The molecule has 0 aromatic heterocycles. The Morgan fingerprint density at radius 1 is 1.14 bits per heavy atom. The standard InChI is InChI=1S/C13H26N4O4S/c18-13(15-4-5-16-8-10-21-11-9-16)1-12-22(19,20)17-6-2-14-3-7-17/h14H,1-12H2,(H,15,18). The van der Waals surface area contributed by atoms with Crippen LogP contribution in [0, 0.1) is 0 Å². The lowest BCUT2D eigenvalue weighted by Crippen LogP contribution is -2.47. The van der Waals surface area contributed by atoms with E-state index in [1.54, 1.807) is 0 Å². The minimum Gasteiger partial charge on any atom is -0.379 e. The second-order valence-electron chi connectivity index (χ2n) is 5.52. The second kappa shape index (κ2) is 8.78. The van der Waals surface area contributed by atoms with Gasteiger partial charge < -0.3 is 15.4 Å². The number of hydrogen-bond donors (Lipinski definition) is 2. The Hall–Kier alpha value is -0.740. The van der Waals surface area contributed by atoms with Gasteiger partial charge in [-0.15, -0.1) is 0 Å². The molecule has 2 heterocycles. The Morgan fingerprint density at radius 2 is 1.82 bits per heavy atom. The van der Waals surface area contributed by atoms with Crippen molar-refractivity contribution < 1.29 is 17.9 Å². The van der Waals surface area contributed by atoms with E-state index in [0.29, 0.717) is 32.7 Å². The zero-order chi connectivity index (χ0) is 15.8. The van der Waals surface area contributed by atoms with Crippen LogP contribution in [0.4, 0.5) is 0 Å². The zero-order valence-corrected chi connectivity index (χ0v) is 13.7. The van der Waals surface area contributed by atoms with Crippen LogP contribution in [0.25, 0.3) is 0 Å². The fourth-order valence-electron chi connectivity index (χ4n) is 2.54. The molecule has 0 atom stereocenters. The first-order valence-corrected chi connectivity index (χ1v) is 9.44. The third-order valence-electron chi connectivity index (χ3n) is 3.91. The number of piperazine rings is 1. The first kappa shape index (κ1) is 17.6. The van der Waals surface area contributed by atoms with Gasteiger partial charge in [0.2, 0.25) is 15.9 Å². The summed E-state index contributed by atoms with van der Waals surface area (Å²) in [5.74, 6) is -0.317. The Labute approximate surface area is 132 Å². The number of morpholine rings is 1. The lowest BCUT2D eigenvalue weighted by atomic mass is 10.4. The van der Waals surface area contributed by atoms with E-state index < -0.39 is 10.0 Å². The van der Waals surface area contributed by atoms with Gasteiger partial charge in [0.05, 0.1) is 19.0 Å². The molecule has 0 aromatic rings. The van der Waals surface area contributed by atoms with E-state index in [9.17, 15) is 13.2 Å². The maximum Gasteiger partial charge on any atom is 0.221 e. The van der Waals surface area contributed by atoms with Crippen LogP contribution in [0.15, 0.2) is 0 Å². The Balaban J connectivity index is 1.62. The average Bonchev–Trinajstić information content (AvgIpc) is 2.55. The lowest BCUT2D eigenvalue weighted by Gasteiger charge is -2.27. The van der Waals surface area contributed by atoms with Crippen molar-refractivity contribution >= 4 is 15.9 Å². The van der Waals surface area contributed by atoms with Gasteiger partial charge in [0, 0.05) is 58.8 Å². The summed E-state index contributed by atoms with van der Waals surface area (Å²) in [4.78, 5) is 14.0. The molecule has 2 rings (SSSR count). The van der Waals surface area contributed by atoms with Crippen LogP contribution in [0.2, 0.25) is 0 Å². The first-order chi connectivity index (χ1) is 10.6. The molecule has 0 saturated carbocycles. The van der Waals surface area contributed by atoms with Gasteiger partial charge in [-0.2, -0.15) is 4.31 Å². The van der Waals surface area contributed by atoms with Crippen LogP contribution in [0.3, 0.4) is 0 Å². The van der Waals surface area contributed by atoms with Crippen molar-refractivity contribution in [1.82, 2.24) is 19.8 Å². The molecular formula is C13H26N4O4S. The predicted octanol–water partition coefficient (Wildman–Crippen LogP) is -1.94. The molecule has 128 valence electrons. The summed E-state index contributed by atoms with van der Waals surface area (Å²) in [7, 11) is -3.32. The molecule has 2 aliphatic rings. The van der Waals surface area contributed by atoms with Crippen molar-refractivity contribution in [3.63, 3.8) is 0 Å². The SMILES string of the molecule is O=C(CCS(=O)(=O)N1CCNCC1)NCCN1CCOCC1. The van der Waals surface area contributed by atoms with Crippen molar-refractivity contribution in [1.29, 1.82) is 0 Å². The molecule has 0 radical (unpaired) electrons. The smallest absolute Gasteiger partial charge is 0.221 e. The number of hydrogen-bond acceptors (Lipinski definition) is 6. The number of rotatable bonds is 7. The van der Waals surface area contributed by atoms with Gasteiger partial charge in [0.25, 0.3) is 0 Å². The summed E-state index contributed by atoms with van der Waals surface area (Å²) in [6, 6.07) is 0. The van der Waals surface area contributed by atoms with Crippen molar-refractivity contribution in [3.05, 3.63) is 0 Å². The Kier molecular flexibility index (Phi) is 7.03. The summed E-state index contributed by atoms with van der Waals surface area (Å²) in [5, 5.41) is 5.90. The van der Waals surface area contributed by atoms with Crippen molar-refractivity contribution in [3.8, 4) is 0 Å². The van der Waals surface area contributed by atoms with Crippen LogP contribution >= 0.6 is 0 Å². The third kappa shape index (κ3) is 5.81. The molecule has 0 bridgehead atoms. The largest absolute Gasteiger partial charge is 0.379 e. The lowest BCUT2D eigenvalue weighted by molar-refractivity contribution is -0.120. The minimum atomic E-state index is -3.32. The van der Waals surface area contributed by atoms with Crippen LogP contribution in [-0.4, -0.2) is 94.9 Å². The molecule has 9 heteroatoms. The minimum absolute atomic E-state index is 0.0232. The number of nitrogens with one attached hydrogen (secondary N) is 2. The van der Waals surface area contributed by atoms with Gasteiger partial charge in [-0.1, -0.05) is 0 Å². The van der Waals surface area contributed by atoms with Crippen molar-refractivity contribution in [2.24, 2.45) is 0 Å². The summed E-state index contributed by atoms with van der Waals surface area (Å²) in [5.41, 5.74) is 0. The highest BCUT2D eigenvalue weighted by molar-refractivity contribution is 7.89. The molecule has 2 N–H and O–H groups in total. The highest BCUT2D eigenvalue weighted by atomic mass is 32.2. The van der Waals surface area contributed by atoms with Crippen LogP contribution in [0.1, 0.15) is 6.42 Å². The van der Waals surface area contributed by atoms with E-state index >= 15 is 0 Å². The quantitative estimate of drug-likeness (QED) is 0.563. The fraction of sp³-hybridized carbons (Fsp3) is 0.923. The molecule has 0 unspecified atom stereocenters. The highest BCUT2D eigenvalue weighted by Crippen LogP contribution is 2.04.